The largest absolute Gasteiger partial charge is 0.423 e. The predicted molar refractivity (Wildman–Crippen MR) is 117 cm³/mol. The standard InChI is InChI=1S/C22H33IO4/c1-16(2)9-5-7-11-21(24)26-19-14-13-18(23)15-20(19)27-22(25)12-8-6-10-17(3)4/h13-17H,5-12H2,1-4H3. The van der Waals surface area contributed by atoms with Crippen LogP contribution in [0.1, 0.15) is 79.1 Å². The van der Waals surface area contributed by atoms with Crippen LogP contribution in [0.15, 0.2) is 18.2 Å². The van der Waals surface area contributed by atoms with Crippen molar-refractivity contribution in [3.8, 4) is 11.5 Å². The van der Waals surface area contributed by atoms with Gasteiger partial charge in [0.15, 0.2) is 11.5 Å². The zero-order valence-electron chi connectivity index (χ0n) is 17.1. The molecule has 0 amide bonds. The Labute approximate surface area is 177 Å². The molecule has 0 aromatic heterocycles. The van der Waals surface area contributed by atoms with Gasteiger partial charge in [0, 0.05) is 16.4 Å². The molecule has 1 rings (SSSR count). The van der Waals surface area contributed by atoms with Gasteiger partial charge in [-0.15, -0.1) is 0 Å². The Bertz CT molecular complexity index is 596. The van der Waals surface area contributed by atoms with E-state index >= 15 is 0 Å². The van der Waals surface area contributed by atoms with Gasteiger partial charge in [0.25, 0.3) is 0 Å². The molecule has 0 spiro atoms. The van der Waals surface area contributed by atoms with E-state index in [2.05, 4.69) is 50.3 Å². The summed E-state index contributed by atoms with van der Waals surface area (Å²) in [5.74, 6) is 1.36. The fraction of sp³-hybridized carbons (Fsp3) is 0.636. The van der Waals surface area contributed by atoms with Crippen LogP contribution in [-0.2, 0) is 9.59 Å². The molecule has 0 fully saturated rings. The summed E-state index contributed by atoms with van der Waals surface area (Å²) in [5, 5.41) is 0. The van der Waals surface area contributed by atoms with Gasteiger partial charge in [-0.25, -0.2) is 0 Å². The van der Waals surface area contributed by atoms with Crippen molar-refractivity contribution in [2.45, 2.75) is 79.1 Å². The number of benzene rings is 1. The third-order valence-corrected chi connectivity index (χ3v) is 4.85. The van der Waals surface area contributed by atoms with Crippen LogP contribution in [0.4, 0.5) is 0 Å². The molecule has 5 heteroatoms. The number of unbranched alkanes of at least 4 members (excludes halogenated alkanes) is 2. The van der Waals surface area contributed by atoms with Crippen LogP contribution < -0.4 is 9.47 Å². The fourth-order valence-corrected chi connectivity index (χ4v) is 3.10. The third-order valence-electron chi connectivity index (χ3n) is 4.18. The summed E-state index contributed by atoms with van der Waals surface area (Å²) >= 11 is 2.15. The average Bonchev–Trinajstić information content (AvgIpc) is 2.58. The monoisotopic (exact) mass is 488 g/mol. The van der Waals surface area contributed by atoms with Crippen molar-refractivity contribution in [3.63, 3.8) is 0 Å². The second-order valence-corrected chi connectivity index (χ2v) is 9.06. The summed E-state index contributed by atoms with van der Waals surface area (Å²) in [6.07, 6.45) is 6.61. The van der Waals surface area contributed by atoms with Gasteiger partial charge in [0.05, 0.1) is 0 Å². The first-order chi connectivity index (χ1) is 12.8. The molecule has 0 atom stereocenters. The lowest BCUT2D eigenvalue weighted by Gasteiger charge is -2.11. The maximum Gasteiger partial charge on any atom is 0.311 e. The van der Waals surface area contributed by atoms with Crippen molar-refractivity contribution in [1.82, 2.24) is 0 Å². The van der Waals surface area contributed by atoms with Crippen molar-refractivity contribution < 1.29 is 19.1 Å². The topological polar surface area (TPSA) is 52.6 Å². The van der Waals surface area contributed by atoms with Gasteiger partial charge >= 0.3 is 11.9 Å². The molecule has 27 heavy (non-hydrogen) atoms. The minimum atomic E-state index is -0.283. The van der Waals surface area contributed by atoms with E-state index < -0.39 is 0 Å². The summed E-state index contributed by atoms with van der Waals surface area (Å²) in [5.41, 5.74) is 0. The number of hydrogen-bond acceptors (Lipinski definition) is 4. The Morgan fingerprint density at radius 3 is 1.78 bits per heavy atom. The van der Waals surface area contributed by atoms with Crippen LogP contribution in [0.2, 0.25) is 0 Å². The summed E-state index contributed by atoms with van der Waals surface area (Å²) < 4.78 is 11.8. The highest BCUT2D eigenvalue weighted by Gasteiger charge is 2.14. The Morgan fingerprint density at radius 2 is 1.30 bits per heavy atom. The molecule has 0 aliphatic carbocycles. The van der Waals surface area contributed by atoms with Crippen LogP contribution in [-0.4, -0.2) is 11.9 Å². The normalized spacial score (nSPS) is 11.1. The van der Waals surface area contributed by atoms with Gasteiger partial charge < -0.3 is 9.47 Å². The third kappa shape index (κ3) is 11.4. The quantitative estimate of drug-likeness (QED) is 0.145. The molecule has 1 aromatic carbocycles. The van der Waals surface area contributed by atoms with Gasteiger partial charge in [-0.3, -0.25) is 9.59 Å². The Morgan fingerprint density at radius 1 is 0.815 bits per heavy atom. The highest BCUT2D eigenvalue weighted by Crippen LogP contribution is 2.30. The molecule has 0 aliphatic rings. The number of carbonyl (C=O) groups excluding carboxylic acids is 2. The zero-order valence-corrected chi connectivity index (χ0v) is 19.2. The molecule has 0 aliphatic heterocycles. The van der Waals surface area contributed by atoms with Gasteiger partial charge in [0.2, 0.25) is 0 Å². The number of hydrogen-bond donors (Lipinski definition) is 0. The first-order valence-corrected chi connectivity index (χ1v) is 11.1. The van der Waals surface area contributed by atoms with E-state index in [1.165, 1.54) is 0 Å². The predicted octanol–water partition coefficient (Wildman–Crippen LogP) is 6.53. The number of esters is 2. The summed E-state index contributed by atoms with van der Waals surface area (Å²) in [4.78, 5) is 24.2. The average molecular weight is 488 g/mol. The van der Waals surface area contributed by atoms with Gasteiger partial charge in [-0.2, -0.15) is 0 Å². The minimum Gasteiger partial charge on any atom is -0.423 e. The maximum atomic E-state index is 12.1. The van der Waals surface area contributed by atoms with E-state index in [-0.39, 0.29) is 11.9 Å². The second-order valence-electron chi connectivity index (χ2n) is 7.82. The van der Waals surface area contributed by atoms with Crippen molar-refractivity contribution in [2.24, 2.45) is 11.8 Å². The van der Waals surface area contributed by atoms with E-state index in [0.717, 1.165) is 42.1 Å². The molecule has 0 saturated heterocycles. The van der Waals surface area contributed by atoms with E-state index in [1.54, 1.807) is 12.1 Å². The number of ether oxygens (including phenoxy) is 2. The minimum absolute atomic E-state index is 0.282. The van der Waals surface area contributed by atoms with Crippen molar-refractivity contribution in [3.05, 3.63) is 21.8 Å². The Hall–Kier alpha value is -1.11. The van der Waals surface area contributed by atoms with Crippen LogP contribution in [0, 0.1) is 15.4 Å². The van der Waals surface area contributed by atoms with Crippen molar-refractivity contribution in [2.75, 3.05) is 0 Å². The highest BCUT2D eigenvalue weighted by atomic mass is 127. The molecule has 0 N–H and O–H groups in total. The lowest BCUT2D eigenvalue weighted by atomic mass is 10.1. The second kappa shape index (κ2) is 13.1. The van der Waals surface area contributed by atoms with Crippen molar-refractivity contribution in [1.29, 1.82) is 0 Å². The molecule has 0 heterocycles. The number of rotatable bonds is 12. The van der Waals surface area contributed by atoms with Gasteiger partial charge in [-0.1, -0.05) is 53.4 Å². The number of carbonyl (C=O) groups is 2. The maximum absolute atomic E-state index is 12.1. The fourth-order valence-electron chi connectivity index (χ4n) is 2.64. The Kier molecular flexibility index (Phi) is 11.6. The smallest absolute Gasteiger partial charge is 0.311 e. The van der Waals surface area contributed by atoms with Gasteiger partial charge in [0.1, 0.15) is 0 Å². The molecular formula is C22H33IO4. The molecule has 1 aromatic rings. The van der Waals surface area contributed by atoms with Crippen LogP contribution in [0.3, 0.4) is 0 Å². The molecule has 4 nitrogen and oxygen atoms in total. The molecule has 0 saturated carbocycles. The van der Waals surface area contributed by atoms with E-state index in [1.807, 2.05) is 6.07 Å². The molecule has 0 unspecified atom stereocenters. The van der Waals surface area contributed by atoms with Crippen molar-refractivity contribution >= 4 is 34.5 Å². The van der Waals surface area contributed by atoms with Crippen LogP contribution in [0.25, 0.3) is 0 Å². The lowest BCUT2D eigenvalue weighted by molar-refractivity contribution is -0.137. The molecular weight excluding hydrogens is 455 g/mol. The molecule has 0 bridgehead atoms. The summed E-state index contributed by atoms with van der Waals surface area (Å²) in [6, 6.07) is 5.25. The number of halogens is 1. The highest BCUT2D eigenvalue weighted by molar-refractivity contribution is 14.1. The molecule has 0 radical (unpaired) electrons. The van der Waals surface area contributed by atoms with Crippen LogP contribution in [0.5, 0.6) is 11.5 Å². The first-order valence-electron chi connectivity index (χ1n) is 9.98. The van der Waals surface area contributed by atoms with Gasteiger partial charge in [-0.05, 0) is 65.5 Å². The first kappa shape index (κ1) is 23.9. The van der Waals surface area contributed by atoms with E-state index in [4.69, 9.17) is 9.47 Å². The summed E-state index contributed by atoms with van der Waals surface area (Å²) in [6.45, 7) is 8.70. The SMILES string of the molecule is CC(C)CCCCC(=O)Oc1ccc(I)cc1OC(=O)CCCCC(C)C. The zero-order chi connectivity index (χ0) is 20.2. The molecule has 152 valence electrons. The lowest BCUT2D eigenvalue weighted by Crippen LogP contribution is -2.12. The van der Waals surface area contributed by atoms with Crippen LogP contribution >= 0.6 is 22.6 Å². The van der Waals surface area contributed by atoms with E-state index in [0.29, 0.717) is 36.2 Å². The van der Waals surface area contributed by atoms with E-state index in [9.17, 15) is 9.59 Å². The summed E-state index contributed by atoms with van der Waals surface area (Å²) in [7, 11) is 0. The Balaban J connectivity index is 2.53.